The molecule has 114 valence electrons. The van der Waals surface area contributed by atoms with Crippen LogP contribution in [0.1, 0.15) is 10.6 Å². The molecule has 1 aromatic heterocycles. The van der Waals surface area contributed by atoms with E-state index in [9.17, 15) is 5.11 Å². The molecule has 0 atom stereocenters. The van der Waals surface area contributed by atoms with Gasteiger partial charge >= 0.3 is 0 Å². The molecule has 0 unspecified atom stereocenters. The van der Waals surface area contributed by atoms with Crippen molar-refractivity contribution >= 4 is 38.6 Å². The first-order chi connectivity index (χ1) is 11.1. The summed E-state index contributed by atoms with van der Waals surface area (Å²) in [6.45, 7) is 2.33. The number of aliphatic hydroxyl groups excluding tert-OH is 1. The summed E-state index contributed by atoms with van der Waals surface area (Å²) in [4.78, 5) is 6.38. The molecule has 0 saturated carbocycles. The van der Waals surface area contributed by atoms with E-state index in [-0.39, 0.29) is 5.76 Å². The number of thiazole rings is 1. The van der Waals surface area contributed by atoms with E-state index < -0.39 is 0 Å². The molecular formula is C18H15N3OS. The first-order valence-electron chi connectivity index (χ1n) is 7.34. The summed E-state index contributed by atoms with van der Waals surface area (Å²) >= 11 is 1.51. The topological polar surface area (TPSA) is 60.2 Å². The van der Waals surface area contributed by atoms with Gasteiger partial charge in [0, 0.05) is 5.69 Å². The maximum absolute atomic E-state index is 10.4. The number of para-hydroxylation sites is 1. The van der Waals surface area contributed by atoms with Crippen LogP contribution in [0.5, 0.6) is 0 Å². The number of aromatic nitrogens is 1. The highest BCUT2D eigenvalue weighted by molar-refractivity contribution is 7.19. The van der Waals surface area contributed by atoms with E-state index in [1.165, 1.54) is 11.3 Å². The molecule has 5 heteroatoms. The van der Waals surface area contributed by atoms with Crippen molar-refractivity contribution in [1.82, 2.24) is 4.98 Å². The molecule has 0 radical (unpaired) electrons. The van der Waals surface area contributed by atoms with Gasteiger partial charge in [-0.1, -0.05) is 24.3 Å². The Kier molecular flexibility index (Phi) is 3.16. The Labute approximate surface area is 137 Å². The van der Waals surface area contributed by atoms with Crippen LogP contribution in [0.2, 0.25) is 0 Å². The number of nitrogens with zero attached hydrogens (tertiary/aromatic N) is 2. The molecule has 4 nitrogen and oxygen atoms in total. The van der Waals surface area contributed by atoms with Crippen LogP contribution in [-0.2, 0) is 0 Å². The maximum Gasteiger partial charge on any atom is 0.139 e. The standard InChI is InChI=1S/C18H15N3OS/c1-11-5-4-6-12(9-11)21-10-14(22)16(17(21)19)18-20-13-7-2-3-8-15(13)23-18/h2-9,19,22H,10H2,1H3. The lowest BCUT2D eigenvalue weighted by Gasteiger charge is -2.18. The third kappa shape index (κ3) is 2.29. The lowest BCUT2D eigenvalue weighted by Crippen LogP contribution is -2.26. The minimum Gasteiger partial charge on any atom is -0.510 e. The van der Waals surface area contributed by atoms with Crippen LogP contribution in [0.4, 0.5) is 5.69 Å². The third-order valence-corrected chi connectivity index (χ3v) is 4.98. The molecule has 0 spiro atoms. The van der Waals surface area contributed by atoms with Gasteiger partial charge in [0.15, 0.2) is 0 Å². The van der Waals surface area contributed by atoms with Crippen LogP contribution >= 0.6 is 11.3 Å². The predicted octanol–water partition coefficient (Wildman–Crippen LogP) is 4.37. The van der Waals surface area contributed by atoms with Gasteiger partial charge in [0.1, 0.15) is 16.6 Å². The van der Waals surface area contributed by atoms with E-state index in [2.05, 4.69) is 4.98 Å². The van der Waals surface area contributed by atoms with E-state index in [1.54, 1.807) is 0 Å². The van der Waals surface area contributed by atoms with Gasteiger partial charge in [-0.25, -0.2) is 4.98 Å². The normalized spacial score (nSPS) is 15.0. The minimum atomic E-state index is 0.204. The summed E-state index contributed by atoms with van der Waals surface area (Å²) in [7, 11) is 0. The van der Waals surface area contributed by atoms with Crippen molar-refractivity contribution in [3.05, 3.63) is 64.9 Å². The third-order valence-electron chi connectivity index (χ3n) is 3.92. The fraction of sp³-hybridized carbons (Fsp3) is 0.111. The monoisotopic (exact) mass is 321 g/mol. The summed E-state index contributed by atoms with van der Waals surface area (Å²) in [6.07, 6.45) is 0. The molecule has 0 saturated heterocycles. The van der Waals surface area contributed by atoms with Crippen molar-refractivity contribution < 1.29 is 5.11 Å². The van der Waals surface area contributed by atoms with Gasteiger partial charge in [-0.3, -0.25) is 5.41 Å². The number of aliphatic hydroxyl groups is 1. The quantitative estimate of drug-likeness (QED) is 0.737. The molecule has 3 aromatic rings. The number of benzene rings is 2. The van der Waals surface area contributed by atoms with Crippen LogP contribution in [0.25, 0.3) is 15.8 Å². The van der Waals surface area contributed by atoms with Gasteiger partial charge in [-0.05, 0) is 36.8 Å². The lowest BCUT2D eigenvalue weighted by atomic mass is 10.2. The first kappa shape index (κ1) is 14.0. The van der Waals surface area contributed by atoms with E-state index in [1.807, 2.05) is 60.4 Å². The zero-order valence-corrected chi connectivity index (χ0v) is 13.4. The molecule has 2 heterocycles. The molecule has 1 aliphatic rings. The van der Waals surface area contributed by atoms with Crippen LogP contribution in [0, 0.1) is 12.3 Å². The molecular weight excluding hydrogens is 306 g/mol. The molecule has 2 N–H and O–H groups in total. The lowest BCUT2D eigenvalue weighted by molar-refractivity contribution is 0.411. The number of hydrogen-bond acceptors (Lipinski definition) is 4. The van der Waals surface area contributed by atoms with Crippen molar-refractivity contribution in [3.8, 4) is 0 Å². The predicted molar refractivity (Wildman–Crippen MR) is 95.4 cm³/mol. The van der Waals surface area contributed by atoms with Crippen LogP contribution < -0.4 is 4.90 Å². The highest BCUT2D eigenvalue weighted by atomic mass is 32.1. The number of anilines is 1. The Hall–Kier alpha value is -2.66. The molecule has 0 bridgehead atoms. The van der Waals surface area contributed by atoms with Gasteiger partial charge in [-0.15, -0.1) is 11.3 Å². The Morgan fingerprint density at radius 2 is 2.00 bits per heavy atom. The molecule has 23 heavy (non-hydrogen) atoms. The molecule has 4 rings (SSSR count). The SMILES string of the molecule is Cc1cccc(N2CC(O)=C(c3nc4ccccc4s3)C2=N)c1. The van der Waals surface area contributed by atoms with E-state index >= 15 is 0 Å². The molecule has 2 aromatic carbocycles. The molecule has 0 aliphatic carbocycles. The molecule has 1 aliphatic heterocycles. The van der Waals surface area contributed by atoms with Crippen molar-refractivity contribution in [2.75, 3.05) is 11.4 Å². The van der Waals surface area contributed by atoms with E-state index in [0.29, 0.717) is 23.0 Å². The zero-order chi connectivity index (χ0) is 16.0. The van der Waals surface area contributed by atoms with Gasteiger partial charge in [0.05, 0.1) is 22.3 Å². The van der Waals surface area contributed by atoms with Crippen molar-refractivity contribution in [3.63, 3.8) is 0 Å². The summed E-state index contributed by atoms with van der Waals surface area (Å²) in [5.74, 6) is 0.503. The van der Waals surface area contributed by atoms with Gasteiger partial charge < -0.3 is 10.0 Å². The second kappa shape index (κ2) is 5.21. The summed E-state index contributed by atoms with van der Waals surface area (Å²) < 4.78 is 1.06. The fourth-order valence-corrected chi connectivity index (χ4v) is 3.83. The molecule has 0 amide bonds. The van der Waals surface area contributed by atoms with Gasteiger partial charge in [0.25, 0.3) is 0 Å². The second-order valence-corrected chi connectivity index (χ2v) is 6.61. The number of nitrogens with one attached hydrogen (secondary N) is 1. The summed E-state index contributed by atoms with van der Waals surface area (Å²) in [5.41, 5.74) is 3.48. The van der Waals surface area contributed by atoms with Crippen molar-refractivity contribution in [2.45, 2.75) is 6.92 Å². The van der Waals surface area contributed by atoms with E-state index in [4.69, 9.17) is 5.41 Å². The number of aryl methyl sites for hydroxylation is 1. The average Bonchev–Trinajstić information content (AvgIpc) is 3.07. The minimum absolute atomic E-state index is 0.204. The average molecular weight is 321 g/mol. The van der Waals surface area contributed by atoms with Crippen molar-refractivity contribution in [1.29, 1.82) is 5.41 Å². The van der Waals surface area contributed by atoms with Gasteiger partial charge in [0.2, 0.25) is 0 Å². The summed E-state index contributed by atoms with van der Waals surface area (Å²) in [5, 5.41) is 19.6. The number of hydrogen-bond donors (Lipinski definition) is 2. The first-order valence-corrected chi connectivity index (χ1v) is 8.16. The van der Waals surface area contributed by atoms with E-state index in [0.717, 1.165) is 21.5 Å². The Morgan fingerprint density at radius 3 is 2.78 bits per heavy atom. The Morgan fingerprint density at radius 1 is 1.17 bits per heavy atom. The number of rotatable bonds is 2. The smallest absolute Gasteiger partial charge is 0.139 e. The van der Waals surface area contributed by atoms with Crippen LogP contribution in [-0.4, -0.2) is 22.5 Å². The van der Waals surface area contributed by atoms with Gasteiger partial charge in [-0.2, -0.15) is 0 Å². The van der Waals surface area contributed by atoms with Crippen LogP contribution in [0.3, 0.4) is 0 Å². The second-order valence-electron chi connectivity index (χ2n) is 5.58. The number of amidine groups is 1. The Bertz CT molecular complexity index is 925. The fourth-order valence-electron chi connectivity index (χ4n) is 2.80. The largest absolute Gasteiger partial charge is 0.510 e. The van der Waals surface area contributed by atoms with Crippen molar-refractivity contribution in [2.24, 2.45) is 0 Å². The maximum atomic E-state index is 10.4. The zero-order valence-electron chi connectivity index (χ0n) is 12.6. The summed E-state index contributed by atoms with van der Waals surface area (Å²) in [6, 6.07) is 15.8. The number of fused-ring (bicyclic) bond motifs is 1. The highest BCUT2D eigenvalue weighted by Crippen LogP contribution is 2.35. The van der Waals surface area contributed by atoms with Crippen LogP contribution in [0.15, 0.2) is 54.3 Å². The Balaban J connectivity index is 1.74. The highest BCUT2D eigenvalue weighted by Gasteiger charge is 2.31. The molecule has 0 fully saturated rings.